The van der Waals surface area contributed by atoms with Gasteiger partial charge >= 0.3 is 0 Å². The minimum atomic E-state index is -0.0266. The van der Waals surface area contributed by atoms with E-state index < -0.39 is 0 Å². The Kier molecular flexibility index (Phi) is 8.54. The third kappa shape index (κ3) is 6.56. The second kappa shape index (κ2) is 11.0. The van der Waals surface area contributed by atoms with Gasteiger partial charge in [-0.15, -0.1) is 12.4 Å². The van der Waals surface area contributed by atoms with Crippen molar-refractivity contribution < 1.29 is 0 Å². The van der Waals surface area contributed by atoms with Gasteiger partial charge in [0.25, 0.3) is 0 Å². The summed E-state index contributed by atoms with van der Waals surface area (Å²) in [5.74, 6) is 1.59. The average molecular weight is 497 g/mol. The zero-order chi connectivity index (χ0) is 22.8. The first-order valence-electron chi connectivity index (χ1n) is 11.0. The molecule has 0 spiro atoms. The number of nitrogens with zero attached hydrogens (tertiary/aromatic N) is 5. The third-order valence-electron chi connectivity index (χ3n) is 5.96. The van der Waals surface area contributed by atoms with Crippen molar-refractivity contribution in [3.8, 4) is 0 Å². The Morgan fingerprint density at radius 3 is 1.85 bits per heavy atom. The van der Waals surface area contributed by atoms with Gasteiger partial charge in [0.05, 0.1) is 0 Å². The van der Waals surface area contributed by atoms with E-state index in [9.17, 15) is 0 Å². The van der Waals surface area contributed by atoms with Crippen molar-refractivity contribution >= 4 is 41.9 Å². The number of aryl methyl sites for hydroxylation is 1. The molecule has 0 amide bonds. The molecule has 2 aliphatic heterocycles. The molecule has 2 fully saturated rings. The Morgan fingerprint density at radius 2 is 1.36 bits per heavy atom. The molecule has 1 aromatic carbocycles. The van der Waals surface area contributed by atoms with Crippen molar-refractivity contribution in [3.05, 3.63) is 34.3 Å². The molecule has 12 heteroatoms. The maximum atomic E-state index is 6.21. The standard InChI is InChI=1S/C21H33ClN10.ClH/c1-12-2-3-14(22)4-13(12)7-27-19-28-20(31-8-15(23)5-16(24)9-31)30-21(29-19)32-10-17(25)6-18(26)11-32;/h2-4,15-18H,5-11,23-26H2,1H3,(H,27,28,29,30);1H/t15-,16+,17-,18+;. The fourth-order valence-electron chi connectivity index (χ4n) is 4.40. The van der Waals surface area contributed by atoms with E-state index in [-0.39, 0.29) is 36.6 Å². The van der Waals surface area contributed by atoms with E-state index >= 15 is 0 Å². The Hall–Kier alpha value is -1.95. The molecule has 10 nitrogen and oxygen atoms in total. The van der Waals surface area contributed by atoms with E-state index in [1.54, 1.807) is 0 Å². The lowest BCUT2D eigenvalue weighted by Gasteiger charge is -2.37. The Labute approximate surface area is 205 Å². The number of rotatable bonds is 5. The SMILES string of the molecule is Cc1ccc(Cl)cc1CNc1nc(N2C[C@H](N)C[C@H](N)C2)nc(N2C[C@H](N)C[C@H](N)C2)n1.Cl. The number of nitrogens with two attached hydrogens (primary N) is 4. The number of benzene rings is 1. The summed E-state index contributed by atoms with van der Waals surface area (Å²) in [4.78, 5) is 18.2. The molecule has 0 saturated carbocycles. The van der Waals surface area contributed by atoms with Crippen molar-refractivity contribution in [1.29, 1.82) is 0 Å². The van der Waals surface area contributed by atoms with Crippen LogP contribution < -0.4 is 38.1 Å². The first-order valence-corrected chi connectivity index (χ1v) is 11.4. The first kappa shape index (κ1) is 25.7. The predicted octanol–water partition coefficient (Wildman–Crippen LogP) is 0.597. The summed E-state index contributed by atoms with van der Waals surface area (Å²) in [5.41, 5.74) is 27.0. The van der Waals surface area contributed by atoms with Crippen LogP contribution in [-0.4, -0.2) is 65.3 Å². The molecule has 0 bridgehead atoms. The first-order chi connectivity index (χ1) is 15.3. The number of hydrogen-bond acceptors (Lipinski definition) is 10. The lowest BCUT2D eigenvalue weighted by molar-refractivity contribution is 0.441. The van der Waals surface area contributed by atoms with Gasteiger partial charge < -0.3 is 38.1 Å². The molecule has 182 valence electrons. The quantitative estimate of drug-likeness (QED) is 0.396. The smallest absolute Gasteiger partial charge is 0.232 e. The maximum Gasteiger partial charge on any atom is 0.232 e. The minimum absolute atomic E-state index is 0. The van der Waals surface area contributed by atoms with E-state index in [0.29, 0.717) is 55.6 Å². The highest BCUT2D eigenvalue weighted by Crippen LogP contribution is 2.23. The number of piperidine rings is 2. The van der Waals surface area contributed by atoms with Gasteiger partial charge in [-0.3, -0.25) is 0 Å². The average Bonchev–Trinajstić information content (AvgIpc) is 2.73. The highest BCUT2D eigenvalue weighted by molar-refractivity contribution is 6.30. The van der Waals surface area contributed by atoms with Crippen molar-refractivity contribution in [3.63, 3.8) is 0 Å². The molecule has 33 heavy (non-hydrogen) atoms. The van der Waals surface area contributed by atoms with E-state index in [2.05, 4.69) is 15.3 Å². The monoisotopic (exact) mass is 496 g/mol. The number of nitrogens with one attached hydrogen (secondary N) is 1. The van der Waals surface area contributed by atoms with Gasteiger partial charge in [0, 0.05) is 61.9 Å². The topological polar surface area (TPSA) is 161 Å². The lowest BCUT2D eigenvalue weighted by atomic mass is 10.0. The fraction of sp³-hybridized carbons (Fsp3) is 0.571. The molecule has 1 aromatic heterocycles. The van der Waals surface area contributed by atoms with Crippen LogP contribution in [0, 0.1) is 6.92 Å². The highest BCUT2D eigenvalue weighted by atomic mass is 35.5. The van der Waals surface area contributed by atoms with Crippen LogP contribution in [0.15, 0.2) is 18.2 Å². The Morgan fingerprint density at radius 1 is 0.879 bits per heavy atom. The van der Waals surface area contributed by atoms with Crippen LogP contribution >= 0.6 is 24.0 Å². The van der Waals surface area contributed by atoms with Gasteiger partial charge in [0.1, 0.15) is 0 Å². The minimum Gasteiger partial charge on any atom is -0.350 e. The van der Waals surface area contributed by atoms with Gasteiger partial charge in [-0.1, -0.05) is 17.7 Å². The summed E-state index contributed by atoms with van der Waals surface area (Å²) in [6.07, 6.45) is 1.56. The van der Waals surface area contributed by atoms with Crippen molar-refractivity contribution in [2.75, 3.05) is 41.3 Å². The third-order valence-corrected chi connectivity index (χ3v) is 6.19. The zero-order valence-corrected chi connectivity index (χ0v) is 20.4. The largest absolute Gasteiger partial charge is 0.350 e. The summed E-state index contributed by atoms with van der Waals surface area (Å²) < 4.78 is 0. The number of aromatic nitrogens is 3. The number of hydrogen-bond donors (Lipinski definition) is 5. The molecule has 0 radical (unpaired) electrons. The summed E-state index contributed by atoms with van der Waals surface area (Å²) in [7, 11) is 0. The zero-order valence-electron chi connectivity index (χ0n) is 18.8. The molecule has 0 unspecified atom stereocenters. The summed E-state index contributed by atoms with van der Waals surface area (Å²) in [6.45, 7) is 5.15. The molecule has 2 saturated heterocycles. The summed E-state index contributed by atoms with van der Waals surface area (Å²) in [5, 5.41) is 4.03. The molecule has 3 heterocycles. The lowest BCUT2D eigenvalue weighted by Crippen LogP contribution is -2.54. The fourth-order valence-corrected chi connectivity index (χ4v) is 4.60. The predicted molar refractivity (Wildman–Crippen MR) is 136 cm³/mol. The van der Waals surface area contributed by atoms with Crippen molar-refractivity contribution in [2.24, 2.45) is 22.9 Å². The normalized spacial score (nSPS) is 25.5. The van der Waals surface area contributed by atoms with E-state index in [4.69, 9.17) is 39.5 Å². The van der Waals surface area contributed by atoms with Gasteiger partial charge in [-0.25, -0.2) is 0 Å². The van der Waals surface area contributed by atoms with E-state index in [0.717, 1.165) is 24.0 Å². The second-order valence-electron chi connectivity index (χ2n) is 9.01. The Balaban J connectivity index is 0.00000306. The molecular weight excluding hydrogens is 463 g/mol. The van der Waals surface area contributed by atoms with E-state index in [1.165, 1.54) is 0 Å². The van der Waals surface area contributed by atoms with Gasteiger partial charge in [-0.2, -0.15) is 15.0 Å². The molecule has 2 aromatic rings. The van der Waals surface area contributed by atoms with Crippen molar-refractivity contribution in [2.45, 2.75) is 50.5 Å². The van der Waals surface area contributed by atoms with Crippen LogP contribution in [0.25, 0.3) is 0 Å². The molecule has 2 aliphatic rings. The van der Waals surface area contributed by atoms with Crippen LogP contribution in [0.3, 0.4) is 0 Å². The second-order valence-corrected chi connectivity index (χ2v) is 9.44. The van der Waals surface area contributed by atoms with E-state index in [1.807, 2.05) is 34.9 Å². The van der Waals surface area contributed by atoms with Crippen molar-refractivity contribution in [1.82, 2.24) is 15.0 Å². The van der Waals surface area contributed by atoms with Crippen LogP contribution in [0.2, 0.25) is 5.02 Å². The van der Waals surface area contributed by atoms with Gasteiger partial charge in [-0.05, 0) is 43.0 Å². The summed E-state index contributed by atoms with van der Waals surface area (Å²) >= 11 is 6.18. The van der Waals surface area contributed by atoms with Crippen LogP contribution in [0.5, 0.6) is 0 Å². The van der Waals surface area contributed by atoms with Crippen LogP contribution in [0.4, 0.5) is 17.8 Å². The highest BCUT2D eigenvalue weighted by Gasteiger charge is 2.28. The molecule has 4 atom stereocenters. The molecule has 0 aliphatic carbocycles. The summed E-state index contributed by atoms with van der Waals surface area (Å²) in [6, 6.07) is 5.71. The molecular formula is C21H34Cl2N10. The van der Waals surface area contributed by atoms with Crippen LogP contribution in [0.1, 0.15) is 24.0 Å². The number of anilines is 3. The van der Waals surface area contributed by atoms with Gasteiger partial charge in [0.2, 0.25) is 17.8 Å². The molecule has 9 N–H and O–H groups in total. The maximum absolute atomic E-state index is 6.21. The molecule has 4 rings (SSSR count). The Bertz CT molecular complexity index is 881. The number of halogens is 2. The van der Waals surface area contributed by atoms with Gasteiger partial charge in [0.15, 0.2) is 0 Å². The van der Waals surface area contributed by atoms with Crippen LogP contribution in [-0.2, 0) is 6.54 Å².